The molecule has 2 rings (SSSR count). The number of aryl methyl sites for hydroxylation is 1. The van der Waals surface area contributed by atoms with E-state index in [1.807, 2.05) is 0 Å². The predicted molar refractivity (Wildman–Crippen MR) is 60.1 cm³/mol. The number of rotatable bonds is 2. The van der Waals surface area contributed by atoms with Crippen molar-refractivity contribution >= 4 is 15.7 Å². The Balaban J connectivity index is 2.42. The second-order valence-corrected chi connectivity index (χ2v) is 5.63. The van der Waals surface area contributed by atoms with E-state index in [2.05, 4.69) is 0 Å². The van der Waals surface area contributed by atoms with Gasteiger partial charge in [0.25, 0.3) is 10.0 Å². The van der Waals surface area contributed by atoms with Gasteiger partial charge in [-0.1, -0.05) is 4.47 Å². The molecule has 1 aromatic rings. The van der Waals surface area contributed by atoms with Gasteiger partial charge in [-0.05, 0) is 37.1 Å². The number of nitrogen functional groups attached to an aromatic ring is 1. The van der Waals surface area contributed by atoms with E-state index in [0.29, 0.717) is 18.8 Å². The van der Waals surface area contributed by atoms with E-state index in [1.165, 1.54) is 6.07 Å². The highest BCUT2D eigenvalue weighted by molar-refractivity contribution is 7.89. The summed E-state index contributed by atoms with van der Waals surface area (Å²) >= 11 is 0. The Kier molecular flexibility index (Phi) is 2.88. The summed E-state index contributed by atoms with van der Waals surface area (Å²) in [6.07, 6.45) is 0.723. The smallest absolute Gasteiger partial charge is 0.265 e. The van der Waals surface area contributed by atoms with Crippen LogP contribution < -0.4 is 5.73 Å². The predicted octanol–water partition coefficient (Wildman–Crippen LogP) is 0.903. The van der Waals surface area contributed by atoms with Gasteiger partial charge in [0.05, 0.1) is 11.5 Å². The van der Waals surface area contributed by atoms with Crippen LogP contribution in [0.3, 0.4) is 0 Å². The fourth-order valence-electron chi connectivity index (χ4n) is 1.66. The molecule has 1 aliphatic rings. The monoisotopic (exact) mass is 242 g/mol. The molecule has 0 unspecified atom stereocenters. The lowest BCUT2D eigenvalue weighted by atomic mass is 10.2. The molecule has 0 aliphatic carbocycles. The molecule has 0 saturated carbocycles. The maximum Gasteiger partial charge on any atom is 0.265 e. The van der Waals surface area contributed by atoms with Gasteiger partial charge in [0.2, 0.25) is 0 Å². The molecule has 88 valence electrons. The van der Waals surface area contributed by atoms with E-state index in [-0.39, 0.29) is 4.90 Å². The quantitative estimate of drug-likeness (QED) is 0.782. The topological polar surface area (TPSA) is 72.6 Å². The second-order valence-electron chi connectivity index (χ2n) is 3.80. The summed E-state index contributed by atoms with van der Waals surface area (Å²) in [5.41, 5.74) is 6.89. The highest BCUT2D eigenvalue weighted by Crippen LogP contribution is 2.22. The van der Waals surface area contributed by atoms with Gasteiger partial charge < -0.3 is 5.73 Å². The number of nitrogens with two attached hydrogens (primary N) is 1. The molecule has 0 atom stereocenters. The molecule has 1 saturated heterocycles. The molecular weight excluding hydrogens is 228 g/mol. The summed E-state index contributed by atoms with van der Waals surface area (Å²) in [5, 5.41) is 0. The number of anilines is 1. The van der Waals surface area contributed by atoms with Crippen LogP contribution in [0.25, 0.3) is 0 Å². The van der Waals surface area contributed by atoms with Crippen molar-refractivity contribution in [2.24, 2.45) is 0 Å². The molecule has 16 heavy (non-hydrogen) atoms. The van der Waals surface area contributed by atoms with Gasteiger partial charge in [-0.2, -0.15) is 0 Å². The van der Waals surface area contributed by atoms with Crippen molar-refractivity contribution in [2.75, 3.05) is 18.9 Å². The first-order chi connectivity index (χ1) is 7.50. The first-order valence-electron chi connectivity index (χ1n) is 5.03. The zero-order valence-corrected chi connectivity index (χ0v) is 9.83. The minimum atomic E-state index is -3.55. The molecule has 0 bridgehead atoms. The third kappa shape index (κ3) is 2.04. The van der Waals surface area contributed by atoms with E-state index < -0.39 is 10.0 Å². The normalized spacial score (nSPS) is 17.8. The maximum absolute atomic E-state index is 12.1. The van der Waals surface area contributed by atoms with Crippen LogP contribution in [0.4, 0.5) is 5.69 Å². The van der Waals surface area contributed by atoms with Crippen LogP contribution >= 0.6 is 0 Å². The SMILES string of the molecule is Cc1cc(N)cc(S(=O)(=O)N2CCCO2)c1. The lowest BCUT2D eigenvalue weighted by molar-refractivity contribution is -0.0284. The first kappa shape index (κ1) is 11.4. The number of hydrogen-bond donors (Lipinski definition) is 1. The lowest BCUT2D eigenvalue weighted by Gasteiger charge is -2.14. The number of nitrogens with zero attached hydrogens (tertiary/aromatic N) is 1. The molecule has 0 aromatic heterocycles. The molecule has 0 radical (unpaired) electrons. The summed E-state index contributed by atoms with van der Waals surface area (Å²) < 4.78 is 25.2. The average Bonchev–Trinajstić information content (AvgIpc) is 2.69. The Morgan fingerprint density at radius 3 is 2.69 bits per heavy atom. The van der Waals surface area contributed by atoms with E-state index in [0.717, 1.165) is 16.5 Å². The van der Waals surface area contributed by atoms with Crippen LogP contribution in [-0.4, -0.2) is 26.0 Å². The summed E-state index contributed by atoms with van der Waals surface area (Å²) in [6.45, 7) is 2.65. The van der Waals surface area contributed by atoms with Crippen molar-refractivity contribution in [1.82, 2.24) is 4.47 Å². The van der Waals surface area contributed by atoms with Crippen molar-refractivity contribution in [1.29, 1.82) is 0 Å². The van der Waals surface area contributed by atoms with Gasteiger partial charge in [-0.3, -0.25) is 4.84 Å². The van der Waals surface area contributed by atoms with E-state index in [9.17, 15) is 8.42 Å². The van der Waals surface area contributed by atoms with E-state index >= 15 is 0 Å². The lowest BCUT2D eigenvalue weighted by Crippen LogP contribution is -2.26. The van der Waals surface area contributed by atoms with Crippen molar-refractivity contribution in [3.05, 3.63) is 23.8 Å². The Bertz CT molecular complexity index is 473. The Morgan fingerprint density at radius 2 is 2.12 bits per heavy atom. The molecule has 6 heteroatoms. The van der Waals surface area contributed by atoms with Gasteiger partial charge in [0, 0.05) is 12.2 Å². The van der Waals surface area contributed by atoms with Gasteiger partial charge in [-0.25, -0.2) is 8.42 Å². The van der Waals surface area contributed by atoms with Crippen LogP contribution in [-0.2, 0) is 14.9 Å². The summed E-state index contributed by atoms with van der Waals surface area (Å²) in [4.78, 5) is 5.24. The highest BCUT2D eigenvalue weighted by atomic mass is 32.2. The van der Waals surface area contributed by atoms with Gasteiger partial charge in [0.1, 0.15) is 0 Å². The van der Waals surface area contributed by atoms with Crippen molar-refractivity contribution in [3.8, 4) is 0 Å². The van der Waals surface area contributed by atoms with Crippen molar-refractivity contribution in [3.63, 3.8) is 0 Å². The van der Waals surface area contributed by atoms with Crippen molar-refractivity contribution in [2.45, 2.75) is 18.2 Å². The van der Waals surface area contributed by atoms with Crippen LogP contribution in [0, 0.1) is 6.92 Å². The minimum absolute atomic E-state index is 0.187. The summed E-state index contributed by atoms with van der Waals surface area (Å²) in [7, 11) is -3.55. The average molecular weight is 242 g/mol. The minimum Gasteiger partial charge on any atom is -0.399 e. The standard InChI is InChI=1S/C10H14N2O3S/c1-8-5-9(11)7-10(6-8)16(13,14)12-3-2-4-15-12/h5-7H,2-4,11H2,1H3. The van der Waals surface area contributed by atoms with Gasteiger partial charge >= 0.3 is 0 Å². The fraction of sp³-hybridized carbons (Fsp3) is 0.400. The van der Waals surface area contributed by atoms with Crippen LogP contribution in [0.15, 0.2) is 23.1 Å². The number of hydroxylamine groups is 1. The van der Waals surface area contributed by atoms with E-state index in [1.54, 1.807) is 19.1 Å². The summed E-state index contributed by atoms with van der Waals surface area (Å²) in [5.74, 6) is 0. The highest BCUT2D eigenvalue weighted by Gasteiger charge is 2.28. The van der Waals surface area contributed by atoms with Gasteiger partial charge in [-0.15, -0.1) is 0 Å². The molecule has 1 fully saturated rings. The first-order valence-corrected chi connectivity index (χ1v) is 6.47. The molecule has 5 nitrogen and oxygen atoms in total. The third-order valence-electron chi connectivity index (χ3n) is 2.36. The maximum atomic E-state index is 12.1. The van der Waals surface area contributed by atoms with Gasteiger partial charge in [0.15, 0.2) is 0 Å². The Labute approximate surface area is 94.8 Å². The fourth-order valence-corrected chi connectivity index (χ4v) is 3.09. The third-order valence-corrected chi connectivity index (χ3v) is 4.02. The largest absolute Gasteiger partial charge is 0.399 e. The number of sulfonamides is 1. The van der Waals surface area contributed by atoms with Crippen LogP contribution in [0.2, 0.25) is 0 Å². The molecule has 0 amide bonds. The molecule has 0 spiro atoms. The number of hydrogen-bond acceptors (Lipinski definition) is 4. The second kappa shape index (κ2) is 4.04. The molecule has 2 N–H and O–H groups in total. The molecule has 1 heterocycles. The Morgan fingerprint density at radius 1 is 1.38 bits per heavy atom. The molecular formula is C10H14N2O3S. The molecule has 1 aliphatic heterocycles. The van der Waals surface area contributed by atoms with Crippen LogP contribution in [0.5, 0.6) is 0 Å². The Hall–Kier alpha value is -1.11. The zero-order chi connectivity index (χ0) is 11.8. The van der Waals surface area contributed by atoms with E-state index in [4.69, 9.17) is 10.6 Å². The molecule has 1 aromatic carbocycles. The zero-order valence-electron chi connectivity index (χ0n) is 9.01. The van der Waals surface area contributed by atoms with Crippen LogP contribution in [0.1, 0.15) is 12.0 Å². The van der Waals surface area contributed by atoms with Crippen molar-refractivity contribution < 1.29 is 13.3 Å². The summed E-state index contributed by atoms with van der Waals surface area (Å²) in [6, 6.07) is 4.77. The number of benzene rings is 1.